The molecule has 5 heteroatoms. The molecule has 0 spiro atoms. The molecule has 2 aromatic heterocycles. The van der Waals surface area contributed by atoms with Gasteiger partial charge in [0.15, 0.2) is 0 Å². The number of hydrogen-bond acceptors (Lipinski definition) is 3. The number of pyridine rings is 1. The summed E-state index contributed by atoms with van der Waals surface area (Å²) in [6.07, 6.45) is 1.60. The summed E-state index contributed by atoms with van der Waals surface area (Å²) in [7, 11) is 0. The molecule has 8 rings (SSSR count). The topological polar surface area (TPSA) is 50.9 Å². The Kier molecular flexibility index (Phi) is 9.53. The van der Waals surface area contributed by atoms with Crippen molar-refractivity contribution in [3.05, 3.63) is 168 Å². The van der Waals surface area contributed by atoms with E-state index < -0.39 is 6.04 Å². The number of rotatable bonds is 6. The molecule has 6 aromatic carbocycles. The first kappa shape index (κ1) is 35.4. The van der Waals surface area contributed by atoms with Crippen LogP contribution in [0.5, 0.6) is 5.75 Å². The zero-order chi connectivity index (χ0) is 45.3. The van der Waals surface area contributed by atoms with Crippen LogP contribution in [0.25, 0.3) is 72.7 Å². The Morgan fingerprint density at radius 3 is 1.90 bits per heavy atom. The fraction of sp³-hybridized carbons (Fsp3) is 0.222. The molecular formula is C54H52N3OPt-. The van der Waals surface area contributed by atoms with Gasteiger partial charge in [0.1, 0.15) is 11.6 Å². The van der Waals surface area contributed by atoms with Gasteiger partial charge in [-0.3, -0.25) is 9.55 Å². The molecule has 2 heterocycles. The number of aromatic nitrogens is 3. The first-order chi connectivity index (χ1) is 29.6. The van der Waals surface area contributed by atoms with E-state index in [1.165, 1.54) is 0 Å². The van der Waals surface area contributed by atoms with Crippen LogP contribution in [-0.4, -0.2) is 19.6 Å². The van der Waals surface area contributed by atoms with Crippen LogP contribution < -0.4 is 0 Å². The van der Waals surface area contributed by atoms with Crippen LogP contribution in [0.1, 0.15) is 85.9 Å². The van der Waals surface area contributed by atoms with Gasteiger partial charge in [-0.1, -0.05) is 170 Å². The van der Waals surface area contributed by atoms with Crippen LogP contribution in [0.3, 0.4) is 0 Å². The third-order valence-corrected chi connectivity index (χ3v) is 10.8. The Bertz CT molecular complexity index is 3040. The maximum absolute atomic E-state index is 12.3. The second kappa shape index (κ2) is 15.9. The van der Waals surface area contributed by atoms with Gasteiger partial charge < -0.3 is 5.11 Å². The smallest absolute Gasteiger partial charge is 0.148 e. The van der Waals surface area contributed by atoms with Crippen molar-refractivity contribution < 1.29 is 33.0 Å². The van der Waals surface area contributed by atoms with Gasteiger partial charge in [-0.25, -0.2) is 4.98 Å². The van der Waals surface area contributed by atoms with Crippen LogP contribution in [0, 0.1) is 6.07 Å². The third-order valence-electron chi connectivity index (χ3n) is 10.8. The van der Waals surface area contributed by atoms with Crippen LogP contribution >= 0.6 is 0 Å². The molecule has 8 aromatic rings. The van der Waals surface area contributed by atoms with Crippen LogP contribution in [0.2, 0.25) is 0 Å². The van der Waals surface area contributed by atoms with Crippen molar-refractivity contribution in [1.82, 2.24) is 14.5 Å². The van der Waals surface area contributed by atoms with E-state index in [0.29, 0.717) is 28.2 Å². The maximum Gasteiger partial charge on any atom is 0.148 e. The summed E-state index contributed by atoms with van der Waals surface area (Å²) in [5, 5.41) is 12.3. The predicted molar refractivity (Wildman–Crippen MR) is 243 cm³/mol. The molecule has 0 fully saturated rings. The standard InChI is InChI=1S/C54H52N3O.Pt/c1-52(2,3)41-30-39(29-40(31-41)47-32-38(27-28-55-47)36-19-14-11-15-20-36)44-21-16-22-48-49(44)56-51(45-33-42(53(4,5)6)34-46(50(45)58)54(7,8)9)57(48)43-25-23-37(24-26-43)35-17-12-10-13-18-35;/h10-28,30-34,58H,1-9H3;/q-1;/i11D,14D,15D,19D,20D;. The van der Waals surface area contributed by atoms with Gasteiger partial charge in [0.2, 0.25) is 0 Å². The number of phenols is 1. The van der Waals surface area contributed by atoms with Crippen molar-refractivity contribution in [3.8, 4) is 67.5 Å². The summed E-state index contributed by atoms with van der Waals surface area (Å²) in [4.78, 5) is 10.2. The Labute approximate surface area is 371 Å². The van der Waals surface area contributed by atoms with E-state index in [9.17, 15) is 5.11 Å². The molecule has 4 nitrogen and oxygen atoms in total. The molecule has 0 radical (unpaired) electrons. The SMILES string of the molecule is [2H]c1c([2H])c([2H])c(-c2ccnc(-c3[c-]c(-c4cccc5c4nc(-c4cc(C(C)(C)C)cc(C(C)(C)C)c4O)n5-c4ccc(-c5ccccc5)cc4)cc(C(C)(C)C)c3)c2)c([2H])c1[2H].[Pt]. The molecule has 1 N–H and O–H groups in total. The third kappa shape index (κ3) is 8.34. The molecule has 0 amide bonds. The summed E-state index contributed by atoms with van der Waals surface area (Å²) >= 11 is 0. The molecule has 300 valence electrons. The van der Waals surface area contributed by atoms with Crippen molar-refractivity contribution in [3.63, 3.8) is 0 Å². The number of para-hydroxylation sites is 1. The van der Waals surface area contributed by atoms with Gasteiger partial charge in [0, 0.05) is 44.2 Å². The van der Waals surface area contributed by atoms with Crippen molar-refractivity contribution in [2.24, 2.45) is 0 Å². The Hall–Kier alpha value is -5.57. The minimum atomic E-state index is -0.436. The molecule has 0 unspecified atom stereocenters. The van der Waals surface area contributed by atoms with Gasteiger partial charge in [0.25, 0.3) is 0 Å². The second-order valence-electron chi connectivity index (χ2n) is 18.2. The second-order valence-corrected chi connectivity index (χ2v) is 18.2. The van der Waals surface area contributed by atoms with Crippen molar-refractivity contribution in [2.45, 2.75) is 78.6 Å². The average Bonchev–Trinajstić information content (AvgIpc) is 3.64. The van der Waals surface area contributed by atoms with Crippen molar-refractivity contribution >= 4 is 11.0 Å². The summed E-state index contributed by atoms with van der Waals surface area (Å²) in [5.41, 5.74) is 10.9. The summed E-state index contributed by atoms with van der Waals surface area (Å²) in [6, 6.07) is 38.6. The van der Waals surface area contributed by atoms with E-state index in [2.05, 4.69) is 140 Å². The van der Waals surface area contributed by atoms with E-state index >= 15 is 0 Å². The average molecular weight is 959 g/mol. The Morgan fingerprint density at radius 1 is 0.593 bits per heavy atom. The summed E-state index contributed by atoms with van der Waals surface area (Å²) < 4.78 is 44.2. The van der Waals surface area contributed by atoms with E-state index in [-0.39, 0.29) is 72.8 Å². The van der Waals surface area contributed by atoms with Gasteiger partial charge in [0.05, 0.1) is 23.5 Å². The molecule has 0 atom stereocenters. The van der Waals surface area contributed by atoms with E-state index in [0.717, 1.165) is 55.7 Å². The molecule has 0 aliphatic rings. The maximum atomic E-state index is 12.3. The number of nitrogens with zero attached hydrogens (tertiary/aromatic N) is 3. The van der Waals surface area contributed by atoms with Gasteiger partial charge in [-0.15, -0.1) is 29.3 Å². The monoisotopic (exact) mass is 958 g/mol. The number of fused-ring (bicyclic) bond motifs is 1. The molecular weight excluding hydrogens is 902 g/mol. The first-order valence-corrected chi connectivity index (χ1v) is 19.8. The molecule has 0 saturated heterocycles. The first-order valence-electron chi connectivity index (χ1n) is 22.3. The number of aromatic hydroxyl groups is 1. The fourth-order valence-corrected chi connectivity index (χ4v) is 7.42. The Morgan fingerprint density at radius 2 is 1.24 bits per heavy atom. The summed E-state index contributed by atoms with van der Waals surface area (Å²) in [6.45, 7) is 19.4. The minimum Gasteiger partial charge on any atom is -0.507 e. The minimum absolute atomic E-state index is 0. The number of hydrogen-bond donors (Lipinski definition) is 1. The van der Waals surface area contributed by atoms with Crippen LogP contribution in [0.15, 0.2) is 146 Å². The molecule has 0 bridgehead atoms. The number of phenolic OH excluding ortho intramolecular Hbond substituents is 1. The van der Waals surface area contributed by atoms with Crippen LogP contribution in [-0.2, 0) is 37.3 Å². The van der Waals surface area contributed by atoms with Crippen LogP contribution in [0.4, 0.5) is 0 Å². The van der Waals surface area contributed by atoms with Gasteiger partial charge >= 0.3 is 0 Å². The zero-order valence-electron chi connectivity index (χ0n) is 40.1. The molecule has 0 saturated carbocycles. The van der Waals surface area contributed by atoms with Gasteiger partial charge in [-0.2, -0.15) is 0 Å². The normalized spacial score (nSPS) is 13.3. The number of imidazole rings is 1. The van der Waals surface area contributed by atoms with Crippen molar-refractivity contribution in [2.75, 3.05) is 0 Å². The summed E-state index contributed by atoms with van der Waals surface area (Å²) in [5.74, 6) is 0.808. The predicted octanol–water partition coefficient (Wildman–Crippen LogP) is 14.2. The van der Waals surface area contributed by atoms with E-state index in [1.807, 2.05) is 30.3 Å². The quantitative estimate of drug-likeness (QED) is 0.169. The Balaban J connectivity index is 0.00000612. The number of benzene rings is 6. The molecule has 59 heavy (non-hydrogen) atoms. The van der Waals surface area contributed by atoms with E-state index in [4.69, 9.17) is 16.8 Å². The zero-order valence-corrected chi connectivity index (χ0v) is 37.3. The fourth-order valence-electron chi connectivity index (χ4n) is 7.42. The molecule has 0 aliphatic carbocycles. The largest absolute Gasteiger partial charge is 0.507 e. The molecule has 0 aliphatic heterocycles. The van der Waals surface area contributed by atoms with Crippen molar-refractivity contribution in [1.29, 1.82) is 0 Å². The van der Waals surface area contributed by atoms with Gasteiger partial charge in [-0.05, 0) is 74.4 Å². The van der Waals surface area contributed by atoms with E-state index in [1.54, 1.807) is 18.3 Å².